The van der Waals surface area contributed by atoms with Crippen LogP contribution in [0.2, 0.25) is 10.0 Å². The van der Waals surface area contributed by atoms with Crippen molar-refractivity contribution in [1.29, 1.82) is 0 Å². The zero-order valence-corrected chi connectivity index (χ0v) is 17.6. The van der Waals surface area contributed by atoms with Gasteiger partial charge in [-0.2, -0.15) is 0 Å². The zero-order valence-electron chi connectivity index (χ0n) is 14.5. The maximum atomic E-state index is 6.58. The molecule has 8 nitrogen and oxygen atoms in total. The fourth-order valence-electron chi connectivity index (χ4n) is 2.71. The summed E-state index contributed by atoms with van der Waals surface area (Å²) in [6.07, 6.45) is 3.34. The van der Waals surface area contributed by atoms with Crippen LogP contribution < -0.4 is 9.47 Å². The Morgan fingerprint density at radius 3 is 2.50 bits per heavy atom. The number of halogens is 3. The lowest BCUT2D eigenvalue weighted by molar-refractivity contribution is 0.334. The average molecular weight is 482 g/mol. The van der Waals surface area contributed by atoms with E-state index in [-0.39, 0.29) is 16.8 Å². The molecule has 0 fully saturated rings. The molecule has 0 atom stereocenters. The van der Waals surface area contributed by atoms with Gasteiger partial charge in [0.1, 0.15) is 5.52 Å². The van der Waals surface area contributed by atoms with E-state index in [2.05, 4.69) is 41.1 Å². The quantitative estimate of drug-likeness (QED) is 0.427. The largest absolute Gasteiger partial charge is 0.477 e. The summed E-state index contributed by atoms with van der Waals surface area (Å²) >= 11 is 16.4. The summed E-state index contributed by atoms with van der Waals surface area (Å²) in [4.78, 5) is 13.1. The normalized spacial score (nSPS) is 11.0. The van der Waals surface area contributed by atoms with Gasteiger partial charge in [-0.05, 0) is 34.1 Å². The van der Waals surface area contributed by atoms with Crippen LogP contribution in [0.5, 0.6) is 11.8 Å². The molecule has 0 N–H and O–H groups in total. The number of nitrogens with zero attached hydrogens (tertiary/aromatic N) is 6. The molecule has 28 heavy (non-hydrogen) atoms. The Hall–Kier alpha value is -2.49. The fourth-order valence-corrected chi connectivity index (χ4v) is 3.55. The fraction of sp³-hybridized carbons (Fsp3) is 0.118. The highest BCUT2D eigenvalue weighted by atomic mass is 79.9. The first kappa shape index (κ1) is 18.9. The SMILES string of the molecule is COc1nc2cc(Cl)c(Cl)c(-n3c(Br)nnc3-c3cccnc3)c2nc1OC. The van der Waals surface area contributed by atoms with E-state index in [0.29, 0.717) is 32.3 Å². The number of rotatable bonds is 4. The molecule has 0 saturated heterocycles. The van der Waals surface area contributed by atoms with Gasteiger partial charge in [-0.1, -0.05) is 23.2 Å². The van der Waals surface area contributed by atoms with Gasteiger partial charge in [-0.15, -0.1) is 10.2 Å². The molecule has 0 aliphatic rings. The molecule has 3 heterocycles. The average Bonchev–Trinajstić information content (AvgIpc) is 3.10. The molecule has 0 spiro atoms. The third kappa shape index (κ3) is 3.05. The molecular weight excluding hydrogens is 471 g/mol. The molecule has 1 aromatic carbocycles. The van der Waals surface area contributed by atoms with Crippen LogP contribution in [-0.4, -0.2) is 43.9 Å². The van der Waals surface area contributed by atoms with E-state index in [9.17, 15) is 0 Å². The number of methoxy groups -OCH3 is 2. The van der Waals surface area contributed by atoms with E-state index in [1.807, 2.05) is 6.07 Å². The predicted molar refractivity (Wildman–Crippen MR) is 109 cm³/mol. The standard InChI is InChI=1S/C17H11BrCl2N6O2/c1-27-15-16(28-2)23-12-10(22-15)6-9(19)11(20)13(12)26-14(24-25-17(26)18)8-4-3-5-21-7-8/h3-7H,1-2H3. The molecule has 0 aliphatic carbocycles. The lowest BCUT2D eigenvalue weighted by Crippen LogP contribution is -2.05. The second kappa shape index (κ2) is 7.50. The van der Waals surface area contributed by atoms with Gasteiger partial charge in [0.15, 0.2) is 5.82 Å². The van der Waals surface area contributed by atoms with Crippen LogP contribution in [0.25, 0.3) is 28.1 Å². The van der Waals surface area contributed by atoms with Crippen LogP contribution in [0.4, 0.5) is 0 Å². The molecule has 4 rings (SSSR count). The molecule has 0 unspecified atom stereocenters. The summed E-state index contributed by atoms with van der Waals surface area (Å²) in [5.41, 5.74) is 2.10. The van der Waals surface area contributed by atoms with E-state index in [1.54, 1.807) is 29.1 Å². The topological polar surface area (TPSA) is 87.8 Å². The molecule has 11 heteroatoms. The van der Waals surface area contributed by atoms with E-state index in [0.717, 1.165) is 5.56 Å². The van der Waals surface area contributed by atoms with Crippen molar-refractivity contribution >= 4 is 50.2 Å². The molecule has 0 amide bonds. The second-order valence-electron chi connectivity index (χ2n) is 5.50. The van der Waals surface area contributed by atoms with Crippen molar-refractivity contribution in [3.8, 4) is 28.8 Å². The minimum atomic E-state index is 0.210. The monoisotopic (exact) mass is 480 g/mol. The highest BCUT2D eigenvalue weighted by Gasteiger charge is 2.23. The summed E-state index contributed by atoms with van der Waals surface area (Å²) in [5, 5.41) is 8.92. The van der Waals surface area contributed by atoms with Crippen molar-refractivity contribution in [2.75, 3.05) is 14.2 Å². The Kier molecular flexibility index (Phi) is 5.05. The van der Waals surface area contributed by atoms with Gasteiger partial charge in [-0.3, -0.25) is 9.55 Å². The third-order valence-electron chi connectivity index (χ3n) is 3.92. The second-order valence-corrected chi connectivity index (χ2v) is 7.00. The number of hydrogen-bond acceptors (Lipinski definition) is 7. The van der Waals surface area contributed by atoms with Crippen molar-refractivity contribution in [2.45, 2.75) is 0 Å². The first-order valence-corrected chi connectivity index (χ1v) is 9.39. The number of fused-ring (bicyclic) bond motifs is 1. The van der Waals surface area contributed by atoms with Crippen LogP contribution in [-0.2, 0) is 0 Å². The Balaban J connectivity index is 2.10. The van der Waals surface area contributed by atoms with E-state index >= 15 is 0 Å². The lowest BCUT2D eigenvalue weighted by atomic mass is 10.2. The van der Waals surface area contributed by atoms with E-state index < -0.39 is 0 Å². The predicted octanol–water partition coefficient (Wildman–Crippen LogP) is 4.36. The van der Waals surface area contributed by atoms with Crippen LogP contribution >= 0.6 is 39.1 Å². The van der Waals surface area contributed by atoms with Gasteiger partial charge in [0.05, 0.1) is 35.5 Å². The Morgan fingerprint density at radius 2 is 1.82 bits per heavy atom. The van der Waals surface area contributed by atoms with Crippen LogP contribution in [0.1, 0.15) is 0 Å². The molecule has 3 aromatic heterocycles. The van der Waals surface area contributed by atoms with E-state index in [1.165, 1.54) is 14.2 Å². The molecule has 0 radical (unpaired) electrons. The number of aromatic nitrogens is 6. The van der Waals surface area contributed by atoms with Crippen LogP contribution in [0, 0.1) is 0 Å². The van der Waals surface area contributed by atoms with Gasteiger partial charge in [0.25, 0.3) is 11.8 Å². The van der Waals surface area contributed by atoms with Crippen molar-refractivity contribution in [1.82, 2.24) is 29.7 Å². The Morgan fingerprint density at radius 1 is 1.07 bits per heavy atom. The number of benzene rings is 1. The summed E-state index contributed by atoms with van der Waals surface area (Å²) in [7, 11) is 2.96. The van der Waals surface area contributed by atoms with Gasteiger partial charge in [0.2, 0.25) is 4.73 Å². The minimum absolute atomic E-state index is 0.210. The summed E-state index contributed by atoms with van der Waals surface area (Å²) in [5.74, 6) is 0.943. The first-order chi connectivity index (χ1) is 13.5. The van der Waals surface area contributed by atoms with Crippen molar-refractivity contribution in [3.05, 3.63) is 45.4 Å². The maximum absolute atomic E-state index is 6.58. The van der Waals surface area contributed by atoms with Crippen molar-refractivity contribution in [3.63, 3.8) is 0 Å². The summed E-state index contributed by atoms with van der Waals surface area (Å²) < 4.78 is 12.6. The highest BCUT2D eigenvalue weighted by Crippen LogP contribution is 2.39. The number of pyridine rings is 1. The van der Waals surface area contributed by atoms with Gasteiger partial charge < -0.3 is 9.47 Å². The maximum Gasteiger partial charge on any atom is 0.278 e. The van der Waals surface area contributed by atoms with Crippen molar-refractivity contribution < 1.29 is 9.47 Å². The molecule has 4 aromatic rings. The zero-order chi connectivity index (χ0) is 19.8. The van der Waals surface area contributed by atoms with Gasteiger partial charge in [-0.25, -0.2) is 9.97 Å². The smallest absolute Gasteiger partial charge is 0.278 e. The van der Waals surface area contributed by atoms with E-state index in [4.69, 9.17) is 32.7 Å². The molecule has 0 saturated carbocycles. The highest BCUT2D eigenvalue weighted by molar-refractivity contribution is 9.10. The third-order valence-corrected chi connectivity index (χ3v) is 5.21. The van der Waals surface area contributed by atoms with Gasteiger partial charge >= 0.3 is 0 Å². The summed E-state index contributed by atoms with van der Waals surface area (Å²) in [6, 6.07) is 5.27. The van der Waals surface area contributed by atoms with Crippen molar-refractivity contribution in [2.24, 2.45) is 0 Å². The first-order valence-electron chi connectivity index (χ1n) is 7.84. The number of ether oxygens (including phenoxy) is 2. The molecular formula is C17H11BrCl2N6O2. The lowest BCUT2D eigenvalue weighted by Gasteiger charge is -2.15. The number of hydrogen-bond donors (Lipinski definition) is 0. The van der Waals surface area contributed by atoms with Crippen LogP contribution in [0.3, 0.4) is 0 Å². The Labute approximate surface area is 177 Å². The molecule has 0 aliphatic heterocycles. The van der Waals surface area contributed by atoms with Crippen LogP contribution in [0.15, 0.2) is 35.3 Å². The molecule has 0 bridgehead atoms. The summed E-state index contributed by atoms with van der Waals surface area (Å²) in [6.45, 7) is 0. The van der Waals surface area contributed by atoms with Gasteiger partial charge in [0, 0.05) is 18.0 Å². The Bertz CT molecular complexity index is 1190. The minimum Gasteiger partial charge on any atom is -0.477 e. The molecule has 142 valence electrons.